The van der Waals surface area contributed by atoms with Crippen LogP contribution in [0.5, 0.6) is 0 Å². The number of hydrogen-bond donors (Lipinski definition) is 1. The third kappa shape index (κ3) is 2.42. The Morgan fingerprint density at radius 3 is 2.18 bits per heavy atom. The predicted molar refractivity (Wildman–Crippen MR) is 59.6 cm³/mol. The molecule has 0 spiro atoms. The van der Waals surface area contributed by atoms with Crippen molar-refractivity contribution in [3.63, 3.8) is 0 Å². The summed E-state index contributed by atoms with van der Waals surface area (Å²) in [4.78, 5) is 26.0. The summed E-state index contributed by atoms with van der Waals surface area (Å²) in [6, 6.07) is 0. The number of rotatable bonds is 3. The second-order valence-electron chi connectivity index (χ2n) is 4.78. The van der Waals surface area contributed by atoms with Crippen molar-refractivity contribution in [2.75, 3.05) is 39.4 Å². The Labute approximate surface area is 100 Å². The average molecular weight is 242 g/mol. The summed E-state index contributed by atoms with van der Waals surface area (Å²) in [5.41, 5.74) is -0.339. The molecule has 2 aliphatic rings. The molecule has 0 radical (unpaired) electrons. The van der Waals surface area contributed by atoms with Crippen molar-refractivity contribution >= 4 is 11.9 Å². The van der Waals surface area contributed by atoms with Crippen molar-refractivity contribution in [2.24, 2.45) is 0 Å². The molecule has 2 saturated heterocycles. The van der Waals surface area contributed by atoms with Gasteiger partial charge in [-0.2, -0.15) is 0 Å². The Morgan fingerprint density at radius 2 is 1.82 bits per heavy atom. The van der Waals surface area contributed by atoms with Crippen LogP contribution >= 0.6 is 0 Å². The molecule has 2 rings (SSSR count). The molecule has 96 valence electrons. The van der Waals surface area contributed by atoms with E-state index in [4.69, 9.17) is 9.84 Å². The standard InChI is InChI=1S/C11H18N2O4/c1-9(14)12-2-4-13(5-3-12)11(6-10(15)16)7-17-8-11/h2-8H2,1H3,(H,15,16). The quantitative estimate of drug-likeness (QED) is 0.715. The van der Waals surface area contributed by atoms with E-state index < -0.39 is 5.97 Å². The van der Waals surface area contributed by atoms with Gasteiger partial charge in [-0.15, -0.1) is 0 Å². The molecule has 2 aliphatic heterocycles. The van der Waals surface area contributed by atoms with Gasteiger partial charge in [-0.1, -0.05) is 0 Å². The zero-order valence-corrected chi connectivity index (χ0v) is 10.0. The zero-order chi connectivity index (χ0) is 12.5. The Kier molecular flexibility index (Phi) is 3.35. The highest BCUT2D eigenvalue weighted by atomic mass is 16.5. The topological polar surface area (TPSA) is 70.1 Å². The number of carboxylic acid groups (broad SMARTS) is 1. The Morgan fingerprint density at radius 1 is 1.24 bits per heavy atom. The van der Waals surface area contributed by atoms with Crippen molar-refractivity contribution in [3.05, 3.63) is 0 Å². The molecular formula is C11H18N2O4. The third-order valence-corrected chi connectivity index (χ3v) is 3.62. The molecule has 0 atom stereocenters. The van der Waals surface area contributed by atoms with Gasteiger partial charge in [0.25, 0.3) is 0 Å². The molecule has 0 aromatic heterocycles. The molecule has 0 aliphatic carbocycles. The summed E-state index contributed by atoms with van der Waals surface area (Å²) >= 11 is 0. The van der Waals surface area contributed by atoms with E-state index in [9.17, 15) is 9.59 Å². The van der Waals surface area contributed by atoms with E-state index in [1.54, 1.807) is 11.8 Å². The number of aliphatic carboxylic acids is 1. The lowest BCUT2D eigenvalue weighted by Crippen LogP contribution is -2.67. The van der Waals surface area contributed by atoms with Gasteiger partial charge in [-0.25, -0.2) is 0 Å². The van der Waals surface area contributed by atoms with Crippen molar-refractivity contribution in [1.29, 1.82) is 0 Å². The normalized spacial score (nSPS) is 24.2. The summed E-state index contributed by atoms with van der Waals surface area (Å²) in [6.45, 7) is 5.35. The fraction of sp³-hybridized carbons (Fsp3) is 0.818. The highest BCUT2D eigenvalue weighted by Gasteiger charge is 2.46. The van der Waals surface area contributed by atoms with Crippen LogP contribution in [0, 0.1) is 0 Å². The van der Waals surface area contributed by atoms with Crippen LogP contribution in [0.2, 0.25) is 0 Å². The van der Waals surface area contributed by atoms with Crippen molar-refractivity contribution < 1.29 is 19.4 Å². The van der Waals surface area contributed by atoms with Gasteiger partial charge in [-0.3, -0.25) is 14.5 Å². The average Bonchev–Trinajstić information content (AvgIpc) is 2.23. The van der Waals surface area contributed by atoms with Gasteiger partial charge < -0.3 is 14.7 Å². The summed E-state index contributed by atoms with van der Waals surface area (Å²) in [7, 11) is 0. The fourth-order valence-corrected chi connectivity index (χ4v) is 2.51. The maximum atomic E-state index is 11.2. The van der Waals surface area contributed by atoms with Gasteiger partial charge in [0.1, 0.15) is 0 Å². The van der Waals surface area contributed by atoms with Gasteiger partial charge in [0.05, 0.1) is 25.2 Å². The van der Waals surface area contributed by atoms with Gasteiger partial charge in [0, 0.05) is 33.1 Å². The maximum absolute atomic E-state index is 11.2. The first-order chi connectivity index (χ1) is 8.03. The molecule has 6 heteroatoms. The molecule has 0 aromatic rings. The van der Waals surface area contributed by atoms with Crippen molar-refractivity contribution in [1.82, 2.24) is 9.80 Å². The van der Waals surface area contributed by atoms with E-state index in [1.807, 2.05) is 0 Å². The second kappa shape index (κ2) is 4.62. The van der Waals surface area contributed by atoms with Crippen molar-refractivity contribution in [2.45, 2.75) is 18.9 Å². The highest BCUT2D eigenvalue weighted by molar-refractivity contribution is 5.73. The number of carbonyl (C=O) groups is 2. The lowest BCUT2D eigenvalue weighted by atomic mass is 9.90. The maximum Gasteiger partial charge on any atom is 0.305 e. The van der Waals surface area contributed by atoms with Crippen LogP contribution in [0.15, 0.2) is 0 Å². The molecule has 6 nitrogen and oxygen atoms in total. The Bertz CT molecular complexity index is 319. The molecule has 0 saturated carbocycles. The highest BCUT2D eigenvalue weighted by Crippen LogP contribution is 2.29. The minimum atomic E-state index is -0.790. The summed E-state index contributed by atoms with van der Waals surface area (Å²) < 4.78 is 5.18. The van der Waals surface area contributed by atoms with Gasteiger partial charge >= 0.3 is 5.97 Å². The van der Waals surface area contributed by atoms with Crippen molar-refractivity contribution in [3.8, 4) is 0 Å². The molecule has 2 heterocycles. The Balaban J connectivity index is 1.94. The first kappa shape index (κ1) is 12.3. The monoisotopic (exact) mass is 242 g/mol. The molecule has 0 unspecified atom stereocenters. The molecule has 2 fully saturated rings. The number of hydrogen-bond acceptors (Lipinski definition) is 4. The van der Waals surface area contributed by atoms with Crippen LogP contribution < -0.4 is 0 Å². The van der Waals surface area contributed by atoms with Crippen LogP contribution in [0.25, 0.3) is 0 Å². The SMILES string of the molecule is CC(=O)N1CCN(C2(CC(=O)O)COC2)CC1. The van der Waals surface area contributed by atoms with E-state index in [1.165, 1.54) is 0 Å². The fourth-order valence-electron chi connectivity index (χ4n) is 2.51. The molecule has 0 aromatic carbocycles. The van der Waals surface area contributed by atoms with E-state index in [0.29, 0.717) is 26.3 Å². The van der Waals surface area contributed by atoms with Crippen LogP contribution in [-0.2, 0) is 14.3 Å². The van der Waals surface area contributed by atoms with Gasteiger partial charge in [0.15, 0.2) is 0 Å². The first-order valence-corrected chi connectivity index (χ1v) is 5.84. The number of ether oxygens (including phenoxy) is 1. The third-order valence-electron chi connectivity index (χ3n) is 3.62. The van der Waals surface area contributed by atoms with E-state index >= 15 is 0 Å². The van der Waals surface area contributed by atoms with E-state index in [0.717, 1.165) is 13.1 Å². The minimum Gasteiger partial charge on any atom is -0.481 e. The molecule has 1 N–H and O–H groups in total. The van der Waals surface area contributed by atoms with Crippen LogP contribution in [0.3, 0.4) is 0 Å². The minimum absolute atomic E-state index is 0.0850. The lowest BCUT2D eigenvalue weighted by molar-refractivity contribution is -0.172. The summed E-state index contributed by atoms with van der Waals surface area (Å²) in [6.07, 6.45) is 0.118. The number of amides is 1. The zero-order valence-electron chi connectivity index (χ0n) is 10.0. The summed E-state index contributed by atoms with van der Waals surface area (Å²) in [5, 5.41) is 8.94. The molecule has 17 heavy (non-hydrogen) atoms. The molecule has 1 amide bonds. The second-order valence-corrected chi connectivity index (χ2v) is 4.78. The van der Waals surface area contributed by atoms with E-state index in [-0.39, 0.29) is 17.9 Å². The summed E-state index contributed by atoms with van der Waals surface area (Å²) in [5.74, 6) is -0.705. The lowest BCUT2D eigenvalue weighted by Gasteiger charge is -2.51. The Hall–Kier alpha value is -1.14. The van der Waals surface area contributed by atoms with Crippen LogP contribution in [0.1, 0.15) is 13.3 Å². The number of piperazine rings is 1. The first-order valence-electron chi connectivity index (χ1n) is 5.84. The molecule has 0 bridgehead atoms. The van der Waals surface area contributed by atoms with Gasteiger partial charge in [0.2, 0.25) is 5.91 Å². The largest absolute Gasteiger partial charge is 0.481 e. The van der Waals surface area contributed by atoms with Crippen LogP contribution in [-0.4, -0.2) is 71.7 Å². The number of nitrogens with zero attached hydrogens (tertiary/aromatic N) is 2. The number of carbonyl (C=O) groups excluding carboxylic acids is 1. The smallest absolute Gasteiger partial charge is 0.305 e. The predicted octanol–water partition coefficient (Wildman–Crippen LogP) is -0.606. The van der Waals surface area contributed by atoms with Crippen LogP contribution in [0.4, 0.5) is 0 Å². The molecular weight excluding hydrogens is 224 g/mol. The van der Waals surface area contributed by atoms with Gasteiger partial charge in [-0.05, 0) is 0 Å². The number of carboxylic acids is 1. The van der Waals surface area contributed by atoms with E-state index in [2.05, 4.69) is 4.90 Å².